The average Bonchev–Trinajstić information content (AvgIpc) is 2.49. The van der Waals surface area contributed by atoms with E-state index in [1.807, 2.05) is 23.1 Å². The zero-order chi connectivity index (χ0) is 15.0. The number of rotatable bonds is 2. The maximum Gasteiger partial charge on any atom is 0.339 e. The zero-order valence-corrected chi connectivity index (χ0v) is 12.1. The highest BCUT2D eigenvalue weighted by molar-refractivity contribution is 5.96. The van der Waals surface area contributed by atoms with Crippen LogP contribution in [0.3, 0.4) is 0 Å². The van der Waals surface area contributed by atoms with Crippen molar-refractivity contribution in [3.63, 3.8) is 0 Å². The number of carboxylic acid groups (broad SMARTS) is 1. The topological polar surface area (TPSA) is 66.3 Å². The molecule has 0 fully saturated rings. The highest BCUT2D eigenvalue weighted by Crippen LogP contribution is 2.34. The van der Waals surface area contributed by atoms with E-state index in [0.717, 1.165) is 25.1 Å². The van der Waals surface area contributed by atoms with Crippen molar-refractivity contribution in [1.29, 1.82) is 0 Å². The fraction of sp³-hybridized carbons (Fsp3) is 0.312. The number of benzene rings is 1. The van der Waals surface area contributed by atoms with Gasteiger partial charge in [-0.15, -0.1) is 5.10 Å². The van der Waals surface area contributed by atoms with Gasteiger partial charge in [0.15, 0.2) is 5.82 Å². The molecule has 1 aliphatic heterocycles. The van der Waals surface area contributed by atoms with Crippen molar-refractivity contribution in [2.45, 2.75) is 26.7 Å². The Hall–Kier alpha value is -2.43. The minimum atomic E-state index is -0.955. The Morgan fingerprint density at radius 1 is 1.24 bits per heavy atom. The molecule has 1 aromatic carbocycles. The third-order valence-electron chi connectivity index (χ3n) is 4.02. The number of carbonyl (C=O) groups is 1. The van der Waals surface area contributed by atoms with Crippen LogP contribution in [0.15, 0.2) is 24.3 Å². The Morgan fingerprint density at radius 2 is 2.00 bits per heavy atom. The summed E-state index contributed by atoms with van der Waals surface area (Å²) in [5, 5.41) is 17.8. The molecule has 0 spiro atoms. The van der Waals surface area contributed by atoms with Gasteiger partial charge in [-0.1, -0.05) is 18.2 Å². The molecule has 5 heteroatoms. The van der Waals surface area contributed by atoms with Gasteiger partial charge in [0, 0.05) is 12.2 Å². The first-order valence-corrected chi connectivity index (χ1v) is 7.02. The molecule has 0 radical (unpaired) electrons. The van der Waals surface area contributed by atoms with Crippen LogP contribution in [-0.4, -0.2) is 27.8 Å². The largest absolute Gasteiger partial charge is 0.478 e. The van der Waals surface area contributed by atoms with Gasteiger partial charge in [0.05, 0.1) is 5.69 Å². The highest BCUT2D eigenvalue weighted by atomic mass is 16.4. The number of fused-ring (bicyclic) bond motifs is 1. The lowest BCUT2D eigenvalue weighted by Crippen LogP contribution is -2.28. The molecule has 0 amide bonds. The zero-order valence-electron chi connectivity index (χ0n) is 12.1. The summed E-state index contributed by atoms with van der Waals surface area (Å²) in [6.45, 7) is 4.32. The number of hydrogen-bond donors (Lipinski definition) is 1. The predicted octanol–water partition coefficient (Wildman–Crippen LogP) is 2.88. The fourth-order valence-electron chi connectivity index (χ4n) is 2.79. The summed E-state index contributed by atoms with van der Waals surface area (Å²) in [7, 11) is 0. The summed E-state index contributed by atoms with van der Waals surface area (Å²) in [6.07, 6.45) is 1.98. The van der Waals surface area contributed by atoms with Crippen molar-refractivity contribution in [2.24, 2.45) is 0 Å². The van der Waals surface area contributed by atoms with Crippen LogP contribution in [0.4, 0.5) is 11.5 Å². The van der Waals surface area contributed by atoms with Crippen molar-refractivity contribution < 1.29 is 9.90 Å². The van der Waals surface area contributed by atoms with Crippen LogP contribution in [0, 0.1) is 13.8 Å². The molecule has 21 heavy (non-hydrogen) atoms. The van der Waals surface area contributed by atoms with Gasteiger partial charge in [-0.2, -0.15) is 5.10 Å². The highest BCUT2D eigenvalue weighted by Gasteiger charge is 2.26. The minimum Gasteiger partial charge on any atom is -0.478 e. The van der Waals surface area contributed by atoms with E-state index in [0.29, 0.717) is 17.1 Å². The first-order valence-electron chi connectivity index (χ1n) is 7.02. The van der Waals surface area contributed by atoms with Crippen LogP contribution in [0.1, 0.15) is 33.6 Å². The summed E-state index contributed by atoms with van der Waals surface area (Å²) >= 11 is 0. The SMILES string of the molecule is Cc1nnc(N2CCCc3ccccc32)c(C(=O)O)c1C. The van der Waals surface area contributed by atoms with Gasteiger partial charge in [-0.05, 0) is 43.9 Å². The second kappa shape index (κ2) is 5.16. The van der Waals surface area contributed by atoms with Crippen LogP contribution in [-0.2, 0) is 6.42 Å². The Morgan fingerprint density at radius 3 is 2.76 bits per heavy atom. The van der Waals surface area contributed by atoms with Gasteiger partial charge >= 0.3 is 5.97 Å². The van der Waals surface area contributed by atoms with Crippen molar-refractivity contribution in [3.05, 3.63) is 46.6 Å². The molecule has 3 rings (SSSR count). The van der Waals surface area contributed by atoms with E-state index in [1.165, 1.54) is 5.56 Å². The van der Waals surface area contributed by atoms with E-state index in [1.54, 1.807) is 13.8 Å². The number of aromatic nitrogens is 2. The lowest BCUT2D eigenvalue weighted by atomic mass is 10.0. The molecular weight excluding hydrogens is 266 g/mol. The number of carboxylic acids is 1. The lowest BCUT2D eigenvalue weighted by Gasteiger charge is -2.31. The maximum atomic E-state index is 11.7. The molecule has 2 aromatic rings. The molecule has 1 aliphatic rings. The van der Waals surface area contributed by atoms with Crippen molar-refractivity contribution in [1.82, 2.24) is 10.2 Å². The van der Waals surface area contributed by atoms with Crippen LogP contribution in [0.2, 0.25) is 0 Å². The molecule has 0 saturated carbocycles. The third kappa shape index (κ3) is 2.24. The molecule has 0 atom stereocenters. The molecule has 1 aromatic heterocycles. The van der Waals surface area contributed by atoms with E-state index >= 15 is 0 Å². The molecule has 2 heterocycles. The number of nitrogens with zero attached hydrogens (tertiary/aromatic N) is 3. The van der Waals surface area contributed by atoms with E-state index in [2.05, 4.69) is 16.3 Å². The molecule has 0 bridgehead atoms. The minimum absolute atomic E-state index is 0.249. The first-order chi connectivity index (χ1) is 10.1. The number of para-hydroxylation sites is 1. The number of anilines is 2. The van der Waals surface area contributed by atoms with Gasteiger partial charge in [0.1, 0.15) is 5.56 Å². The van der Waals surface area contributed by atoms with Crippen LogP contribution < -0.4 is 4.90 Å². The first kappa shape index (κ1) is 13.5. The molecule has 0 unspecified atom stereocenters. The fourth-order valence-corrected chi connectivity index (χ4v) is 2.79. The van der Waals surface area contributed by atoms with E-state index < -0.39 is 5.97 Å². The van der Waals surface area contributed by atoms with Crippen LogP contribution in [0.5, 0.6) is 0 Å². The number of aryl methyl sites for hydroxylation is 2. The van der Waals surface area contributed by atoms with Gasteiger partial charge < -0.3 is 10.0 Å². The summed E-state index contributed by atoms with van der Waals surface area (Å²) in [6, 6.07) is 8.06. The molecule has 0 aliphatic carbocycles. The lowest BCUT2D eigenvalue weighted by molar-refractivity contribution is 0.0696. The molecule has 108 valence electrons. The van der Waals surface area contributed by atoms with Crippen LogP contribution in [0.25, 0.3) is 0 Å². The molecule has 0 saturated heterocycles. The van der Waals surface area contributed by atoms with Crippen molar-refractivity contribution in [3.8, 4) is 0 Å². The summed E-state index contributed by atoms with van der Waals surface area (Å²) in [5.41, 5.74) is 3.83. The van der Waals surface area contributed by atoms with E-state index in [-0.39, 0.29) is 5.56 Å². The second-order valence-corrected chi connectivity index (χ2v) is 5.30. The third-order valence-corrected chi connectivity index (χ3v) is 4.02. The predicted molar refractivity (Wildman–Crippen MR) is 80.2 cm³/mol. The number of aromatic carboxylic acids is 1. The molecule has 1 N–H and O–H groups in total. The standard InChI is InChI=1S/C16H17N3O2/c1-10-11(2)17-18-15(14(10)16(20)21)19-9-5-7-12-6-3-4-8-13(12)19/h3-4,6,8H,5,7,9H2,1-2H3,(H,20,21). The van der Waals surface area contributed by atoms with Gasteiger partial charge in [-0.3, -0.25) is 0 Å². The van der Waals surface area contributed by atoms with Gasteiger partial charge in [0.2, 0.25) is 0 Å². The monoisotopic (exact) mass is 283 g/mol. The van der Waals surface area contributed by atoms with E-state index in [9.17, 15) is 9.90 Å². The molecule has 5 nitrogen and oxygen atoms in total. The summed E-state index contributed by atoms with van der Waals surface area (Å²) in [5.74, 6) is -0.513. The second-order valence-electron chi connectivity index (χ2n) is 5.30. The Labute approximate surface area is 123 Å². The summed E-state index contributed by atoms with van der Waals surface area (Å²) in [4.78, 5) is 13.6. The smallest absolute Gasteiger partial charge is 0.339 e. The Bertz CT molecular complexity index is 713. The van der Waals surface area contributed by atoms with Crippen LogP contribution >= 0.6 is 0 Å². The van der Waals surface area contributed by atoms with Gasteiger partial charge in [0.25, 0.3) is 0 Å². The van der Waals surface area contributed by atoms with Gasteiger partial charge in [-0.25, -0.2) is 4.79 Å². The quantitative estimate of drug-likeness (QED) is 0.918. The van der Waals surface area contributed by atoms with Crippen molar-refractivity contribution in [2.75, 3.05) is 11.4 Å². The van der Waals surface area contributed by atoms with E-state index in [4.69, 9.17) is 0 Å². The number of hydrogen-bond acceptors (Lipinski definition) is 4. The Kier molecular flexibility index (Phi) is 3.33. The summed E-state index contributed by atoms with van der Waals surface area (Å²) < 4.78 is 0. The normalized spacial score (nSPS) is 13.9. The maximum absolute atomic E-state index is 11.7. The van der Waals surface area contributed by atoms with Crippen molar-refractivity contribution >= 4 is 17.5 Å². The average molecular weight is 283 g/mol. The Balaban J connectivity index is 2.19. The molecular formula is C16H17N3O2.